The number of methoxy groups -OCH3 is 1. The maximum absolute atomic E-state index is 11.9. The molecule has 0 saturated heterocycles. The van der Waals surface area contributed by atoms with Gasteiger partial charge in [-0.05, 0) is 76.4 Å². The number of fused-ring (bicyclic) bond motifs is 2. The molecule has 10 heteroatoms. The van der Waals surface area contributed by atoms with Gasteiger partial charge in [-0.2, -0.15) is 0 Å². The van der Waals surface area contributed by atoms with E-state index in [1.54, 1.807) is 0 Å². The maximum Gasteiger partial charge on any atom is 0.673 e. The molecule has 3 aromatic carbocycles. The molecule has 3 nitrogen and oxygen atoms in total. The Morgan fingerprint density at radius 1 is 0.895 bits per heavy atom. The fourth-order valence-corrected chi connectivity index (χ4v) is 8.06. The standard InChI is InChI=1S/C28H31O3S2.BF4/c1-19-18-26(20(2)17-21(19)31-16-10-15-28(3,4)27(29)30-5)33-24-13-8-6-11-22(24)32-23-12-7-9-14-25(23)33;2-1(3,4)5/h6-9,11-14,17-18H,10,15-16H2,1-5H3;/q+1;-1. The highest BCUT2D eigenvalue weighted by molar-refractivity contribution is 8.04. The predicted molar refractivity (Wildman–Crippen MR) is 146 cm³/mol. The number of carbonyl (C=O) groups excluding carboxylic acids is 1. The lowest BCUT2D eigenvalue weighted by Gasteiger charge is -2.22. The molecule has 1 heterocycles. The Hall–Kier alpha value is -2.59. The molecule has 38 heavy (non-hydrogen) atoms. The highest BCUT2D eigenvalue weighted by atomic mass is 32.2. The lowest BCUT2D eigenvalue weighted by atomic mass is 9.88. The van der Waals surface area contributed by atoms with Crippen molar-refractivity contribution in [2.75, 3.05) is 13.7 Å². The Kier molecular flexibility index (Phi) is 9.87. The first-order valence-corrected chi connectivity index (χ1v) is 14.2. The first-order valence-electron chi connectivity index (χ1n) is 12.1. The van der Waals surface area contributed by atoms with Crippen molar-refractivity contribution in [3.63, 3.8) is 0 Å². The number of ether oxygens (including phenoxy) is 2. The van der Waals surface area contributed by atoms with E-state index in [4.69, 9.17) is 9.47 Å². The van der Waals surface area contributed by atoms with Gasteiger partial charge in [0.1, 0.15) is 16.6 Å². The zero-order valence-electron chi connectivity index (χ0n) is 22.0. The first kappa shape index (κ1) is 30.0. The van der Waals surface area contributed by atoms with Crippen LogP contribution in [0.3, 0.4) is 0 Å². The summed E-state index contributed by atoms with van der Waals surface area (Å²) in [6.45, 7) is 8.72. The lowest BCUT2D eigenvalue weighted by Crippen LogP contribution is -2.26. The van der Waals surface area contributed by atoms with Gasteiger partial charge in [-0.1, -0.05) is 36.0 Å². The normalized spacial score (nSPS) is 13.1. The Morgan fingerprint density at radius 3 is 1.95 bits per heavy atom. The summed E-state index contributed by atoms with van der Waals surface area (Å²) in [6, 6.07) is 22.0. The molecule has 0 N–H and O–H groups in total. The van der Waals surface area contributed by atoms with E-state index in [2.05, 4.69) is 74.5 Å². The maximum atomic E-state index is 11.9. The number of aryl methyl sites for hydroxylation is 2. The van der Waals surface area contributed by atoms with Crippen molar-refractivity contribution < 1.29 is 31.5 Å². The topological polar surface area (TPSA) is 35.5 Å². The molecule has 1 aliphatic rings. The number of hydrogen-bond donors (Lipinski definition) is 0. The Morgan fingerprint density at radius 2 is 1.42 bits per heavy atom. The van der Waals surface area contributed by atoms with E-state index < -0.39 is 12.7 Å². The molecule has 0 unspecified atom stereocenters. The van der Waals surface area contributed by atoms with E-state index >= 15 is 0 Å². The second-order valence-electron chi connectivity index (χ2n) is 9.51. The number of carbonyl (C=O) groups is 1. The van der Waals surface area contributed by atoms with Crippen LogP contribution in [-0.2, 0) is 20.4 Å². The molecule has 4 rings (SSSR count). The van der Waals surface area contributed by atoms with Crippen molar-refractivity contribution in [2.45, 2.75) is 65.0 Å². The number of benzene rings is 3. The molecule has 204 valence electrons. The van der Waals surface area contributed by atoms with Crippen LogP contribution in [0.2, 0.25) is 0 Å². The Balaban J connectivity index is 0.000000732. The summed E-state index contributed by atoms with van der Waals surface area (Å²) in [7, 11) is -4.70. The minimum absolute atomic E-state index is 0.141. The molecule has 0 fully saturated rings. The zero-order valence-corrected chi connectivity index (χ0v) is 23.7. The molecular formula is C28H31BF4O3S2. The van der Waals surface area contributed by atoms with Gasteiger partial charge in [-0.25, -0.2) is 0 Å². The summed E-state index contributed by atoms with van der Waals surface area (Å²) >= 11 is 1.86. The van der Waals surface area contributed by atoms with Crippen molar-refractivity contribution in [1.29, 1.82) is 0 Å². The van der Waals surface area contributed by atoms with E-state index in [-0.39, 0.29) is 16.9 Å². The number of rotatable bonds is 7. The molecule has 0 aromatic heterocycles. The van der Waals surface area contributed by atoms with Crippen LogP contribution in [0.15, 0.2) is 85.1 Å². The van der Waals surface area contributed by atoms with E-state index in [1.165, 1.54) is 37.2 Å². The van der Waals surface area contributed by atoms with E-state index in [0.717, 1.165) is 24.2 Å². The number of hydrogen-bond acceptors (Lipinski definition) is 4. The van der Waals surface area contributed by atoms with E-state index in [0.29, 0.717) is 6.61 Å². The van der Waals surface area contributed by atoms with E-state index in [1.807, 2.05) is 25.6 Å². The van der Waals surface area contributed by atoms with Gasteiger partial charge < -0.3 is 26.7 Å². The quantitative estimate of drug-likeness (QED) is 0.0739. The zero-order chi connectivity index (χ0) is 28.1. The van der Waals surface area contributed by atoms with E-state index in [9.17, 15) is 22.1 Å². The molecule has 0 bridgehead atoms. The van der Waals surface area contributed by atoms with Crippen LogP contribution in [-0.4, -0.2) is 26.9 Å². The van der Waals surface area contributed by atoms with Crippen LogP contribution in [0.1, 0.15) is 37.8 Å². The fraction of sp³-hybridized carbons (Fsp3) is 0.321. The van der Waals surface area contributed by atoms with Crippen LogP contribution in [0.25, 0.3) is 0 Å². The van der Waals surface area contributed by atoms with Crippen LogP contribution in [0, 0.1) is 19.3 Å². The third-order valence-electron chi connectivity index (χ3n) is 5.99. The summed E-state index contributed by atoms with van der Waals surface area (Å²) in [5.74, 6) is 0.745. The molecule has 1 aliphatic heterocycles. The molecule has 0 saturated carbocycles. The molecule has 0 radical (unpaired) electrons. The predicted octanol–water partition coefficient (Wildman–Crippen LogP) is 8.52. The van der Waals surface area contributed by atoms with Gasteiger partial charge >= 0.3 is 13.2 Å². The largest absolute Gasteiger partial charge is 0.673 e. The third-order valence-corrected chi connectivity index (χ3v) is 9.87. The minimum atomic E-state index is -6.00. The molecule has 0 amide bonds. The van der Waals surface area contributed by atoms with Crippen molar-refractivity contribution in [2.24, 2.45) is 5.41 Å². The molecule has 0 atom stereocenters. The summed E-state index contributed by atoms with van der Waals surface area (Å²) in [6.07, 6.45) is 1.52. The van der Waals surface area contributed by atoms with Crippen molar-refractivity contribution in [3.8, 4) is 5.75 Å². The average molecular weight is 566 g/mol. The first-order chi connectivity index (χ1) is 17.8. The van der Waals surface area contributed by atoms with Gasteiger partial charge in [-0.15, -0.1) is 0 Å². The third kappa shape index (κ3) is 7.73. The van der Waals surface area contributed by atoms with Crippen LogP contribution in [0.5, 0.6) is 5.75 Å². The lowest BCUT2D eigenvalue weighted by molar-refractivity contribution is -0.151. The molecular weight excluding hydrogens is 535 g/mol. The molecule has 3 aromatic rings. The van der Waals surface area contributed by atoms with Crippen LogP contribution < -0.4 is 4.74 Å². The molecule has 0 spiro atoms. The summed E-state index contributed by atoms with van der Waals surface area (Å²) in [5.41, 5.74) is 1.89. The second kappa shape index (κ2) is 12.5. The van der Waals surface area contributed by atoms with Gasteiger partial charge in [0.25, 0.3) is 0 Å². The second-order valence-corrected chi connectivity index (χ2v) is 12.5. The van der Waals surface area contributed by atoms with Gasteiger partial charge in [0, 0.05) is 11.6 Å². The number of esters is 1. The smallest absolute Gasteiger partial charge is 0.493 e. The highest BCUT2D eigenvalue weighted by Crippen LogP contribution is 2.49. The monoisotopic (exact) mass is 566 g/mol. The summed E-state index contributed by atoms with van der Waals surface area (Å²) < 4.78 is 50.1. The average Bonchev–Trinajstić information content (AvgIpc) is 2.85. The van der Waals surface area contributed by atoms with Crippen LogP contribution >= 0.6 is 11.8 Å². The highest BCUT2D eigenvalue weighted by Gasteiger charge is 2.39. The minimum Gasteiger partial charge on any atom is -0.493 e. The summed E-state index contributed by atoms with van der Waals surface area (Å²) in [4.78, 5) is 18.7. The van der Waals surface area contributed by atoms with Gasteiger partial charge in [-0.3, -0.25) is 4.79 Å². The summed E-state index contributed by atoms with van der Waals surface area (Å²) in [5, 5.41) is 0. The SMILES string of the molecule is COC(=O)C(C)(C)CCCOc1cc(C)c([S+]2c3ccccc3Sc3ccccc32)cc1C.F[B-](F)(F)F. The Bertz CT molecular complexity index is 1230. The number of halogens is 4. The van der Waals surface area contributed by atoms with Gasteiger partial charge in [0.2, 0.25) is 0 Å². The van der Waals surface area contributed by atoms with Crippen LogP contribution in [0.4, 0.5) is 17.3 Å². The Labute approximate surface area is 228 Å². The van der Waals surface area contributed by atoms with Crippen molar-refractivity contribution >= 4 is 35.9 Å². The van der Waals surface area contributed by atoms with Gasteiger partial charge in [0.15, 0.2) is 14.7 Å². The van der Waals surface area contributed by atoms with Crippen molar-refractivity contribution in [3.05, 3.63) is 71.8 Å². The van der Waals surface area contributed by atoms with Crippen molar-refractivity contribution in [1.82, 2.24) is 0 Å². The molecule has 0 aliphatic carbocycles. The fourth-order valence-electron chi connectivity index (χ4n) is 4.09. The van der Waals surface area contributed by atoms with Gasteiger partial charge in [0.05, 0.1) is 28.9 Å².